The third kappa shape index (κ3) is 3.67. The van der Waals surface area contributed by atoms with Crippen molar-refractivity contribution in [3.05, 3.63) is 29.6 Å². The number of aryl methyl sites for hydroxylation is 2. The molecule has 0 amide bonds. The average Bonchev–Trinajstić information content (AvgIpc) is 2.82. The van der Waals surface area contributed by atoms with Gasteiger partial charge in [0.15, 0.2) is 0 Å². The zero-order valence-electron chi connectivity index (χ0n) is 11.5. The minimum atomic E-state index is 0.513. The van der Waals surface area contributed by atoms with Gasteiger partial charge in [0.1, 0.15) is 11.6 Å². The van der Waals surface area contributed by atoms with Gasteiger partial charge in [-0.2, -0.15) is 4.98 Å². The summed E-state index contributed by atoms with van der Waals surface area (Å²) in [7, 11) is 0. The number of oxazole rings is 1. The number of anilines is 2. The first-order chi connectivity index (χ1) is 9.19. The van der Waals surface area contributed by atoms with Crippen LogP contribution < -0.4 is 10.6 Å². The van der Waals surface area contributed by atoms with Crippen LogP contribution in [0.3, 0.4) is 0 Å². The molecule has 6 nitrogen and oxygen atoms in total. The smallest absolute Gasteiger partial charge is 0.224 e. The summed E-state index contributed by atoms with van der Waals surface area (Å²) in [6.07, 6.45) is 4.54. The molecule has 0 atom stereocenters. The van der Waals surface area contributed by atoms with Crippen molar-refractivity contribution in [2.45, 2.75) is 33.7 Å². The summed E-state index contributed by atoms with van der Waals surface area (Å²) in [5.74, 6) is 2.89. The van der Waals surface area contributed by atoms with Gasteiger partial charge in [0.05, 0.1) is 12.7 Å². The highest BCUT2D eigenvalue weighted by atomic mass is 16.4. The summed E-state index contributed by atoms with van der Waals surface area (Å²) in [5.41, 5.74) is 0.991. The molecule has 19 heavy (non-hydrogen) atoms. The molecule has 2 aromatic heterocycles. The molecule has 0 aliphatic rings. The summed E-state index contributed by atoms with van der Waals surface area (Å²) < 4.78 is 5.41. The van der Waals surface area contributed by atoms with Crippen molar-refractivity contribution in [1.82, 2.24) is 15.0 Å². The Morgan fingerprint density at radius 3 is 2.68 bits per heavy atom. The third-order valence-corrected chi connectivity index (χ3v) is 2.58. The monoisotopic (exact) mass is 261 g/mol. The predicted molar refractivity (Wildman–Crippen MR) is 74.1 cm³/mol. The Bertz CT molecular complexity index is 538. The standard InChI is InChI=1S/C13H19N5O/c1-4-5-14-13-17-6-9(2)12(18-13)16-8-11-15-7-10(3)19-11/h6-7H,4-5,8H2,1-3H3,(H2,14,16,17,18). The van der Waals surface area contributed by atoms with Crippen molar-refractivity contribution in [2.24, 2.45) is 0 Å². The van der Waals surface area contributed by atoms with E-state index in [1.54, 1.807) is 12.4 Å². The van der Waals surface area contributed by atoms with Crippen LogP contribution in [0.15, 0.2) is 16.8 Å². The molecule has 0 saturated heterocycles. The number of rotatable bonds is 6. The zero-order valence-corrected chi connectivity index (χ0v) is 11.5. The normalized spacial score (nSPS) is 10.5. The van der Waals surface area contributed by atoms with Gasteiger partial charge >= 0.3 is 0 Å². The zero-order chi connectivity index (χ0) is 13.7. The number of aromatic nitrogens is 3. The van der Waals surface area contributed by atoms with Crippen LogP contribution in [0.25, 0.3) is 0 Å². The van der Waals surface area contributed by atoms with Crippen molar-refractivity contribution >= 4 is 11.8 Å². The van der Waals surface area contributed by atoms with Gasteiger partial charge in [0, 0.05) is 18.3 Å². The maximum atomic E-state index is 5.41. The van der Waals surface area contributed by atoms with Gasteiger partial charge in [-0.15, -0.1) is 0 Å². The van der Waals surface area contributed by atoms with E-state index in [2.05, 4.69) is 32.5 Å². The molecular weight excluding hydrogens is 242 g/mol. The third-order valence-electron chi connectivity index (χ3n) is 2.58. The summed E-state index contributed by atoms with van der Waals surface area (Å²) in [4.78, 5) is 12.8. The molecule has 0 spiro atoms. The molecule has 0 aliphatic heterocycles. The molecule has 2 heterocycles. The van der Waals surface area contributed by atoms with E-state index in [0.29, 0.717) is 18.4 Å². The molecule has 0 unspecified atom stereocenters. The number of nitrogens with one attached hydrogen (secondary N) is 2. The summed E-state index contributed by atoms with van der Waals surface area (Å²) in [6.45, 7) is 7.32. The Kier molecular flexibility index (Phi) is 4.33. The van der Waals surface area contributed by atoms with Crippen LogP contribution >= 0.6 is 0 Å². The minimum Gasteiger partial charge on any atom is -0.444 e. The van der Waals surface area contributed by atoms with E-state index in [-0.39, 0.29) is 0 Å². The van der Waals surface area contributed by atoms with Gasteiger partial charge in [0.25, 0.3) is 0 Å². The molecular formula is C13H19N5O. The highest BCUT2D eigenvalue weighted by Gasteiger charge is 2.05. The Labute approximate surface area is 112 Å². The van der Waals surface area contributed by atoms with Crippen molar-refractivity contribution in [3.8, 4) is 0 Å². The molecule has 0 saturated carbocycles. The molecule has 2 rings (SSSR count). The van der Waals surface area contributed by atoms with Gasteiger partial charge < -0.3 is 15.1 Å². The maximum Gasteiger partial charge on any atom is 0.224 e. The van der Waals surface area contributed by atoms with E-state index >= 15 is 0 Å². The molecule has 0 fully saturated rings. The van der Waals surface area contributed by atoms with Crippen LogP contribution in [-0.4, -0.2) is 21.5 Å². The predicted octanol–water partition coefficient (Wildman–Crippen LogP) is 2.52. The number of hydrogen-bond acceptors (Lipinski definition) is 6. The average molecular weight is 261 g/mol. The topological polar surface area (TPSA) is 75.9 Å². The van der Waals surface area contributed by atoms with Crippen molar-refractivity contribution in [2.75, 3.05) is 17.2 Å². The van der Waals surface area contributed by atoms with Gasteiger partial charge in [-0.05, 0) is 20.3 Å². The molecule has 102 valence electrons. The van der Waals surface area contributed by atoms with E-state index in [1.165, 1.54) is 0 Å². The number of nitrogens with zero attached hydrogens (tertiary/aromatic N) is 3. The van der Waals surface area contributed by atoms with E-state index < -0.39 is 0 Å². The first kappa shape index (κ1) is 13.3. The van der Waals surface area contributed by atoms with E-state index in [1.807, 2.05) is 13.8 Å². The molecule has 0 aliphatic carbocycles. The fourth-order valence-corrected chi connectivity index (χ4v) is 1.59. The van der Waals surface area contributed by atoms with Gasteiger partial charge in [0.2, 0.25) is 11.8 Å². The molecule has 2 N–H and O–H groups in total. The first-order valence-electron chi connectivity index (χ1n) is 6.41. The molecule has 0 aromatic carbocycles. The second-order valence-electron chi connectivity index (χ2n) is 4.37. The Hall–Kier alpha value is -2.11. The lowest BCUT2D eigenvalue weighted by atomic mass is 10.3. The molecule has 0 bridgehead atoms. The molecule has 6 heteroatoms. The first-order valence-corrected chi connectivity index (χ1v) is 6.41. The fourth-order valence-electron chi connectivity index (χ4n) is 1.59. The second kappa shape index (κ2) is 6.17. The van der Waals surface area contributed by atoms with Crippen LogP contribution in [-0.2, 0) is 6.54 Å². The highest BCUT2D eigenvalue weighted by molar-refractivity contribution is 5.46. The lowest BCUT2D eigenvalue weighted by Crippen LogP contribution is -2.09. The van der Waals surface area contributed by atoms with Crippen LogP contribution in [0.4, 0.5) is 11.8 Å². The van der Waals surface area contributed by atoms with E-state index in [0.717, 1.165) is 30.1 Å². The van der Waals surface area contributed by atoms with Crippen molar-refractivity contribution < 1.29 is 4.42 Å². The SMILES string of the molecule is CCCNc1ncc(C)c(NCc2ncc(C)o2)n1. The summed E-state index contributed by atoms with van der Waals surface area (Å²) >= 11 is 0. The molecule has 0 radical (unpaired) electrons. The fraction of sp³-hybridized carbons (Fsp3) is 0.462. The highest BCUT2D eigenvalue weighted by Crippen LogP contribution is 2.14. The van der Waals surface area contributed by atoms with E-state index in [4.69, 9.17) is 4.42 Å². The van der Waals surface area contributed by atoms with Crippen molar-refractivity contribution in [3.63, 3.8) is 0 Å². The summed E-state index contributed by atoms with van der Waals surface area (Å²) in [6, 6.07) is 0. The van der Waals surface area contributed by atoms with Crippen molar-refractivity contribution in [1.29, 1.82) is 0 Å². The lowest BCUT2D eigenvalue weighted by Gasteiger charge is -2.09. The van der Waals surface area contributed by atoms with Crippen LogP contribution in [0.2, 0.25) is 0 Å². The summed E-state index contributed by atoms with van der Waals surface area (Å²) in [5, 5.41) is 6.37. The van der Waals surface area contributed by atoms with Crippen LogP contribution in [0.1, 0.15) is 30.6 Å². The molecule has 2 aromatic rings. The second-order valence-corrected chi connectivity index (χ2v) is 4.37. The largest absolute Gasteiger partial charge is 0.444 e. The van der Waals surface area contributed by atoms with Gasteiger partial charge in [-0.1, -0.05) is 6.92 Å². The minimum absolute atomic E-state index is 0.513. The van der Waals surface area contributed by atoms with Gasteiger partial charge in [-0.3, -0.25) is 0 Å². The Morgan fingerprint density at radius 2 is 2.00 bits per heavy atom. The van der Waals surface area contributed by atoms with Gasteiger partial charge in [-0.25, -0.2) is 9.97 Å². The quantitative estimate of drug-likeness (QED) is 0.832. The maximum absolute atomic E-state index is 5.41. The van der Waals surface area contributed by atoms with E-state index in [9.17, 15) is 0 Å². The van der Waals surface area contributed by atoms with Crippen LogP contribution in [0.5, 0.6) is 0 Å². The van der Waals surface area contributed by atoms with Crippen LogP contribution in [0, 0.1) is 13.8 Å². The lowest BCUT2D eigenvalue weighted by molar-refractivity contribution is 0.478. The number of hydrogen-bond donors (Lipinski definition) is 2. The Morgan fingerprint density at radius 1 is 1.16 bits per heavy atom. The Balaban J connectivity index is 2.02.